The van der Waals surface area contributed by atoms with Gasteiger partial charge in [0, 0.05) is 5.92 Å². The first kappa shape index (κ1) is 6.53. The maximum Gasteiger partial charge on any atom is 0.161 e. The summed E-state index contributed by atoms with van der Waals surface area (Å²) in [4.78, 5) is 11.1. The summed E-state index contributed by atoms with van der Waals surface area (Å²) in [7, 11) is 0. The number of carbonyl (C=O) groups is 1. The van der Waals surface area contributed by atoms with E-state index in [-0.39, 0.29) is 5.92 Å². The Morgan fingerprint density at radius 2 is 2.00 bits per heavy atom. The van der Waals surface area contributed by atoms with Crippen LogP contribution in [-0.2, 0) is 4.79 Å². The number of rotatable bonds is 0. The number of ketones is 1. The van der Waals surface area contributed by atoms with E-state index in [9.17, 15) is 4.79 Å². The van der Waals surface area contributed by atoms with E-state index in [0.29, 0.717) is 5.78 Å². The fourth-order valence-electron chi connectivity index (χ4n) is 1.28. The van der Waals surface area contributed by atoms with Crippen molar-refractivity contribution in [2.45, 2.75) is 27.2 Å². The molecule has 0 aromatic heterocycles. The Morgan fingerprint density at radius 3 is 2.11 bits per heavy atom. The minimum absolute atomic E-state index is 0.255. The van der Waals surface area contributed by atoms with Crippen LogP contribution in [0, 0.1) is 5.92 Å². The van der Waals surface area contributed by atoms with Gasteiger partial charge in [-0.2, -0.15) is 0 Å². The Bertz CT molecular complexity index is 177. The van der Waals surface area contributed by atoms with Gasteiger partial charge in [-0.3, -0.25) is 4.79 Å². The van der Waals surface area contributed by atoms with Crippen LogP contribution in [0.25, 0.3) is 0 Å². The summed E-state index contributed by atoms with van der Waals surface area (Å²) in [5.74, 6) is 0.595. The molecule has 1 rings (SSSR count). The molecule has 0 heterocycles. The predicted octanol–water partition coefficient (Wildman–Crippen LogP) is 1.93. The minimum Gasteiger partial charge on any atom is -0.294 e. The third kappa shape index (κ3) is 0.913. The number of Topliss-reactive ketones (excluding diaryl/α,β-unsaturated/α-hetero) is 1. The van der Waals surface area contributed by atoms with Gasteiger partial charge in [0.25, 0.3) is 0 Å². The van der Waals surface area contributed by atoms with Crippen LogP contribution in [-0.4, -0.2) is 5.78 Å². The average molecular weight is 124 g/mol. The predicted molar refractivity (Wildman–Crippen MR) is 37.2 cm³/mol. The van der Waals surface area contributed by atoms with E-state index in [1.807, 2.05) is 20.8 Å². The second kappa shape index (κ2) is 1.98. The van der Waals surface area contributed by atoms with Crippen molar-refractivity contribution in [1.29, 1.82) is 0 Å². The lowest BCUT2D eigenvalue weighted by atomic mass is 10.1. The maximum absolute atomic E-state index is 11.1. The van der Waals surface area contributed by atoms with E-state index in [1.165, 1.54) is 5.57 Å². The molecule has 0 aromatic rings. The molecule has 1 nitrogen and oxygen atoms in total. The van der Waals surface area contributed by atoms with Crippen molar-refractivity contribution in [1.82, 2.24) is 0 Å². The van der Waals surface area contributed by atoms with Gasteiger partial charge in [0.1, 0.15) is 0 Å². The molecule has 0 fully saturated rings. The van der Waals surface area contributed by atoms with Gasteiger partial charge in [-0.25, -0.2) is 0 Å². The zero-order valence-electron chi connectivity index (χ0n) is 6.19. The van der Waals surface area contributed by atoms with Crippen molar-refractivity contribution in [3.63, 3.8) is 0 Å². The van der Waals surface area contributed by atoms with Crippen molar-refractivity contribution < 1.29 is 4.79 Å². The largest absolute Gasteiger partial charge is 0.294 e. The van der Waals surface area contributed by atoms with Gasteiger partial charge in [-0.05, 0) is 25.8 Å². The Kier molecular flexibility index (Phi) is 1.43. The summed E-state index contributed by atoms with van der Waals surface area (Å²) in [6, 6.07) is 0. The van der Waals surface area contributed by atoms with Crippen LogP contribution >= 0.6 is 0 Å². The van der Waals surface area contributed by atoms with Crippen molar-refractivity contribution in [3.8, 4) is 0 Å². The molecule has 0 aromatic carbocycles. The summed E-state index contributed by atoms with van der Waals surface area (Å²) in [6.07, 6.45) is 0.977. The van der Waals surface area contributed by atoms with E-state index in [2.05, 4.69) is 0 Å². The van der Waals surface area contributed by atoms with Crippen LogP contribution in [0.4, 0.5) is 0 Å². The molecule has 1 aliphatic carbocycles. The summed E-state index contributed by atoms with van der Waals surface area (Å²) < 4.78 is 0. The molecule has 1 atom stereocenters. The first-order valence-electron chi connectivity index (χ1n) is 3.33. The van der Waals surface area contributed by atoms with Crippen molar-refractivity contribution >= 4 is 5.78 Å². The van der Waals surface area contributed by atoms with Crippen LogP contribution in [0.5, 0.6) is 0 Å². The second-order valence-electron chi connectivity index (χ2n) is 2.87. The highest BCUT2D eigenvalue weighted by atomic mass is 16.1. The van der Waals surface area contributed by atoms with E-state index in [1.54, 1.807) is 0 Å². The highest BCUT2D eigenvalue weighted by Gasteiger charge is 2.23. The molecule has 0 amide bonds. The molecule has 9 heavy (non-hydrogen) atoms. The van der Waals surface area contributed by atoms with E-state index in [4.69, 9.17) is 0 Å². The molecule has 0 N–H and O–H groups in total. The van der Waals surface area contributed by atoms with Crippen LogP contribution in [0.3, 0.4) is 0 Å². The Morgan fingerprint density at radius 1 is 1.44 bits per heavy atom. The minimum atomic E-state index is 0.255. The van der Waals surface area contributed by atoms with E-state index < -0.39 is 0 Å². The van der Waals surface area contributed by atoms with Gasteiger partial charge in [0.05, 0.1) is 0 Å². The molecule has 0 saturated heterocycles. The van der Waals surface area contributed by atoms with Gasteiger partial charge in [-0.1, -0.05) is 12.5 Å². The maximum atomic E-state index is 11.1. The number of hydrogen-bond donors (Lipinski definition) is 0. The van der Waals surface area contributed by atoms with Crippen LogP contribution in [0.1, 0.15) is 27.2 Å². The van der Waals surface area contributed by atoms with Crippen molar-refractivity contribution in [3.05, 3.63) is 11.1 Å². The van der Waals surface area contributed by atoms with Crippen molar-refractivity contribution in [2.24, 2.45) is 5.92 Å². The lowest BCUT2D eigenvalue weighted by molar-refractivity contribution is -0.117. The Labute approximate surface area is 55.8 Å². The molecule has 0 bridgehead atoms. The Balaban J connectivity index is 2.87. The van der Waals surface area contributed by atoms with Crippen LogP contribution < -0.4 is 0 Å². The Hall–Kier alpha value is -0.590. The van der Waals surface area contributed by atoms with Gasteiger partial charge in [0.15, 0.2) is 5.78 Å². The SMILES string of the molecule is CC1=C(C)C(=O)[C@@H](C)C1. The van der Waals surface area contributed by atoms with Crippen molar-refractivity contribution in [2.75, 3.05) is 0 Å². The molecule has 0 unspecified atom stereocenters. The zero-order valence-corrected chi connectivity index (χ0v) is 6.19. The summed E-state index contributed by atoms with van der Waals surface area (Å²) in [5.41, 5.74) is 2.26. The molecular weight excluding hydrogens is 112 g/mol. The van der Waals surface area contributed by atoms with Gasteiger partial charge < -0.3 is 0 Å². The topological polar surface area (TPSA) is 17.1 Å². The normalized spacial score (nSPS) is 27.9. The molecule has 0 saturated carbocycles. The smallest absolute Gasteiger partial charge is 0.161 e. The summed E-state index contributed by atoms with van der Waals surface area (Å²) >= 11 is 0. The number of carbonyl (C=O) groups excluding carboxylic acids is 1. The highest BCUT2D eigenvalue weighted by molar-refractivity contribution is 5.99. The average Bonchev–Trinajstić information content (AvgIpc) is 1.98. The standard InChI is InChI=1S/C8H12O/c1-5-4-6(2)8(9)7(5)3/h6H,4H2,1-3H3/t6-/m0/s1. The third-order valence-corrected chi connectivity index (χ3v) is 2.07. The lowest BCUT2D eigenvalue weighted by Gasteiger charge is -1.95. The molecule has 50 valence electrons. The van der Waals surface area contributed by atoms with Crippen LogP contribution in [0.15, 0.2) is 11.1 Å². The van der Waals surface area contributed by atoms with Gasteiger partial charge >= 0.3 is 0 Å². The first-order chi connectivity index (χ1) is 4.13. The van der Waals surface area contributed by atoms with Gasteiger partial charge in [0.2, 0.25) is 0 Å². The highest BCUT2D eigenvalue weighted by Crippen LogP contribution is 2.26. The third-order valence-electron chi connectivity index (χ3n) is 2.07. The van der Waals surface area contributed by atoms with Crippen LogP contribution in [0.2, 0.25) is 0 Å². The molecule has 0 spiro atoms. The monoisotopic (exact) mass is 124 g/mol. The molecule has 1 heteroatoms. The molecule has 0 radical (unpaired) electrons. The molecular formula is C8H12O. The number of allylic oxidation sites excluding steroid dienone is 2. The molecule has 1 aliphatic rings. The van der Waals surface area contributed by atoms with E-state index in [0.717, 1.165) is 12.0 Å². The fourth-order valence-corrected chi connectivity index (χ4v) is 1.28. The first-order valence-corrected chi connectivity index (χ1v) is 3.33. The van der Waals surface area contributed by atoms with E-state index >= 15 is 0 Å². The van der Waals surface area contributed by atoms with Gasteiger partial charge in [-0.15, -0.1) is 0 Å². The lowest BCUT2D eigenvalue weighted by Crippen LogP contribution is -2.03. The second-order valence-corrected chi connectivity index (χ2v) is 2.87. The zero-order chi connectivity index (χ0) is 7.02. The molecule has 0 aliphatic heterocycles. The summed E-state index contributed by atoms with van der Waals surface area (Å²) in [5, 5.41) is 0. The summed E-state index contributed by atoms with van der Waals surface area (Å²) in [6.45, 7) is 5.94. The fraction of sp³-hybridized carbons (Fsp3) is 0.625. The quantitative estimate of drug-likeness (QED) is 0.482. The number of hydrogen-bond acceptors (Lipinski definition) is 1.